The summed E-state index contributed by atoms with van der Waals surface area (Å²) in [6, 6.07) is 0. The number of aliphatic carboxylic acids is 1. The van der Waals surface area contributed by atoms with E-state index < -0.39 is 5.97 Å². The minimum Gasteiger partial charge on any atom is -0.481 e. The number of hydrogen-bond donors (Lipinski definition) is 1. The van der Waals surface area contributed by atoms with Crippen molar-refractivity contribution in [3.05, 3.63) is 0 Å². The smallest absolute Gasteiger partial charge is 0.312 e. The SMILES string of the molecule is O=C(O)C1C2(CCCCC2)OC12CCCCC2. The predicted octanol–water partition coefficient (Wildman–Crippen LogP) is 3.12. The van der Waals surface area contributed by atoms with Crippen LogP contribution in [0, 0.1) is 5.92 Å². The average Bonchev–Trinajstić information content (AvgIpc) is 2.29. The molecule has 0 aromatic rings. The number of ether oxygens (including phenoxy) is 1. The van der Waals surface area contributed by atoms with Crippen molar-refractivity contribution in [1.29, 1.82) is 0 Å². The van der Waals surface area contributed by atoms with Gasteiger partial charge < -0.3 is 9.84 Å². The molecular formula is C14H22O3. The Morgan fingerprint density at radius 3 is 1.65 bits per heavy atom. The fourth-order valence-electron chi connectivity index (χ4n) is 4.48. The van der Waals surface area contributed by atoms with Crippen LogP contribution in [-0.4, -0.2) is 22.3 Å². The van der Waals surface area contributed by atoms with Crippen LogP contribution in [0.3, 0.4) is 0 Å². The van der Waals surface area contributed by atoms with Crippen LogP contribution in [0.15, 0.2) is 0 Å². The molecule has 96 valence electrons. The summed E-state index contributed by atoms with van der Waals surface area (Å²) in [4.78, 5) is 11.6. The Labute approximate surface area is 103 Å². The Kier molecular flexibility index (Phi) is 2.69. The molecular weight excluding hydrogens is 216 g/mol. The molecule has 0 unspecified atom stereocenters. The molecule has 0 radical (unpaired) electrons. The van der Waals surface area contributed by atoms with Gasteiger partial charge in [0.15, 0.2) is 0 Å². The van der Waals surface area contributed by atoms with Crippen LogP contribution in [0.2, 0.25) is 0 Å². The Balaban J connectivity index is 1.83. The van der Waals surface area contributed by atoms with Crippen molar-refractivity contribution < 1.29 is 14.6 Å². The minimum atomic E-state index is -0.611. The lowest BCUT2D eigenvalue weighted by molar-refractivity contribution is -0.336. The van der Waals surface area contributed by atoms with Crippen LogP contribution in [-0.2, 0) is 9.53 Å². The van der Waals surface area contributed by atoms with E-state index in [0.29, 0.717) is 0 Å². The van der Waals surface area contributed by atoms with E-state index in [1.165, 1.54) is 12.8 Å². The first-order valence-corrected chi connectivity index (χ1v) is 7.12. The third kappa shape index (κ3) is 1.62. The van der Waals surface area contributed by atoms with E-state index in [2.05, 4.69) is 0 Å². The summed E-state index contributed by atoms with van der Waals surface area (Å²) < 4.78 is 6.29. The molecule has 3 heteroatoms. The highest BCUT2D eigenvalue weighted by Crippen LogP contribution is 2.59. The van der Waals surface area contributed by atoms with E-state index in [1.807, 2.05) is 0 Å². The highest BCUT2D eigenvalue weighted by atomic mass is 16.6. The Hall–Kier alpha value is -0.570. The van der Waals surface area contributed by atoms with Gasteiger partial charge in [-0.3, -0.25) is 4.79 Å². The zero-order valence-electron chi connectivity index (χ0n) is 10.4. The van der Waals surface area contributed by atoms with Gasteiger partial charge in [0.25, 0.3) is 0 Å². The number of rotatable bonds is 1. The molecule has 1 N–H and O–H groups in total. The minimum absolute atomic E-state index is 0.226. The second-order valence-corrected chi connectivity index (χ2v) is 6.12. The van der Waals surface area contributed by atoms with Gasteiger partial charge in [-0.15, -0.1) is 0 Å². The zero-order valence-corrected chi connectivity index (χ0v) is 10.4. The van der Waals surface area contributed by atoms with Crippen molar-refractivity contribution in [2.45, 2.75) is 75.4 Å². The Bertz CT molecular complexity index is 287. The molecule has 3 nitrogen and oxygen atoms in total. The van der Waals surface area contributed by atoms with Gasteiger partial charge in [-0.05, 0) is 25.7 Å². The number of carbonyl (C=O) groups is 1. The molecule has 0 aromatic carbocycles. The molecule has 1 saturated heterocycles. The largest absolute Gasteiger partial charge is 0.481 e. The van der Waals surface area contributed by atoms with Crippen molar-refractivity contribution in [3.63, 3.8) is 0 Å². The first-order chi connectivity index (χ1) is 8.19. The summed E-state index contributed by atoms with van der Waals surface area (Å²) in [6.07, 6.45) is 10.9. The average molecular weight is 238 g/mol. The van der Waals surface area contributed by atoms with Crippen molar-refractivity contribution >= 4 is 5.97 Å². The van der Waals surface area contributed by atoms with Gasteiger partial charge in [0.2, 0.25) is 0 Å². The third-order valence-electron chi connectivity index (χ3n) is 5.11. The van der Waals surface area contributed by atoms with Gasteiger partial charge in [0.1, 0.15) is 5.92 Å². The van der Waals surface area contributed by atoms with E-state index in [4.69, 9.17) is 4.74 Å². The van der Waals surface area contributed by atoms with E-state index in [9.17, 15) is 9.90 Å². The molecule has 2 spiro atoms. The summed E-state index contributed by atoms with van der Waals surface area (Å²) in [7, 11) is 0. The van der Waals surface area contributed by atoms with Crippen molar-refractivity contribution in [2.24, 2.45) is 5.92 Å². The Morgan fingerprint density at radius 1 is 0.882 bits per heavy atom. The highest BCUT2D eigenvalue weighted by molar-refractivity contribution is 5.75. The summed E-state index contributed by atoms with van der Waals surface area (Å²) in [6.45, 7) is 0. The molecule has 0 amide bonds. The quantitative estimate of drug-likeness (QED) is 0.763. The molecule has 0 atom stereocenters. The maximum atomic E-state index is 11.6. The number of carboxylic acid groups (broad SMARTS) is 1. The molecule has 0 aromatic heterocycles. The highest BCUT2D eigenvalue weighted by Gasteiger charge is 2.67. The molecule has 1 aliphatic heterocycles. The van der Waals surface area contributed by atoms with Crippen LogP contribution in [0.4, 0.5) is 0 Å². The predicted molar refractivity (Wildman–Crippen MR) is 63.8 cm³/mol. The van der Waals surface area contributed by atoms with E-state index >= 15 is 0 Å². The molecule has 3 aliphatic rings. The van der Waals surface area contributed by atoms with Gasteiger partial charge in [0, 0.05) is 0 Å². The van der Waals surface area contributed by atoms with Crippen LogP contribution in [0.25, 0.3) is 0 Å². The maximum Gasteiger partial charge on any atom is 0.312 e. The van der Waals surface area contributed by atoms with Gasteiger partial charge in [-0.25, -0.2) is 0 Å². The van der Waals surface area contributed by atoms with Gasteiger partial charge >= 0.3 is 5.97 Å². The summed E-state index contributed by atoms with van der Waals surface area (Å²) >= 11 is 0. The third-order valence-corrected chi connectivity index (χ3v) is 5.11. The summed E-state index contributed by atoms with van der Waals surface area (Å²) in [5, 5.41) is 9.59. The number of carboxylic acids is 1. The van der Waals surface area contributed by atoms with Crippen LogP contribution in [0.5, 0.6) is 0 Å². The second-order valence-electron chi connectivity index (χ2n) is 6.12. The number of hydrogen-bond acceptors (Lipinski definition) is 2. The Morgan fingerprint density at radius 2 is 1.29 bits per heavy atom. The molecule has 2 aliphatic carbocycles. The van der Waals surface area contributed by atoms with Crippen LogP contribution >= 0.6 is 0 Å². The standard InChI is InChI=1S/C14H22O3/c15-12(16)11-13(7-3-1-4-8-13)17-14(11)9-5-2-6-10-14/h11H,1-10H2,(H,15,16). The molecule has 1 heterocycles. The topological polar surface area (TPSA) is 46.5 Å². The van der Waals surface area contributed by atoms with Gasteiger partial charge in [0.05, 0.1) is 11.2 Å². The normalized spacial score (nSPS) is 31.3. The zero-order chi connectivity index (χ0) is 11.9. The summed E-state index contributed by atoms with van der Waals surface area (Å²) in [5.41, 5.74) is -0.581. The van der Waals surface area contributed by atoms with E-state index in [0.717, 1.165) is 51.4 Å². The van der Waals surface area contributed by atoms with Crippen LogP contribution < -0.4 is 0 Å². The molecule has 17 heavy (non-hydrogen) atoms. The van der Waals surface area contributed by atoms with Crippen LogP contribution in [0.1, 0.15) is 64.2 Å². The first kappa shape index (κ1) is 11.5. The van der Waals surface area contributed by atoms with Crippen molar-refractivity contribution in [3.8, 4) is 0 Å². The molecule has 2 saturated carbocycles. The lowest BCUT2D eigenvalue weighted by atomic mass is 9.58. The summed E-state index contributed by atoms with van der Waals surface area (Å²) in [5.74, 6) is -0.837. The lowest BCUT2D eigenvalue weighted by Gasteiger charge is -2.63. The first-order valence-electron chi connectivity index (χ1n) is 7.12. The van der Waals surface area contributed by atoms with E-state index in [1.54, 1.807) is 0 Å². The van der Waals surface area contributed by atoms with E-state index in [-0.39, 0.29) is 17.1 Å². The monoisotopic (exact) mass is 238 g/mol. The molecule has 3 rings (SSSR count). The lowest BCUT2D eigenvalue weighted by Crippen LogP contribution is -2.71. The van der Waals surface area contributed by atoms with Crippen molar-refractivity contribution in [1.82, 2.24) is 0 Å². The van der Waals surface area contributed by atoms with Gasteiger partial charge in [-0.1, -0.05) is 38.5 Å². The van der Waals surface area contributed by atoms with Gasteiger partial charge in [-0.2, -0.15) is 0 Å². The maximum absolute atomic E-state index is 11.6. The van der Waals surface area contributed by atoms with Crippen molar-refractivity contribution in [2.75, 3.05) is 0 Å². The molecule has 3 fully saturated rings. The second kappa shape index (κ2) is 3.98. The molecule has 0 bridgehead atoms. The fourth-order valence-corrected chi connectivity index (χ4v) is 4.48. The fraction of sp³-hybridized carbons (Fsp3) is 0.929.